The van der Waals surface area contributed by atoms with Crippen molar-refractivity contribution in [2.24, 2.45) is 0 Å². The van der Waals surface area contributed by atoms with Gasteiger partial charge in [-0.25, -0.2) is 4.79 Å². The normalized spacial score (nSPS) is 9.74. The van der Waals surface area contributed by atoms with Crippen molar-refractivity contribution in [3.8, 4) is 11.8 Å². The van der Waals surface area contributed by atoms with Crippen LogP contribution in [0.2, 0.25) is 0 Å². The van der Waals surface area contributed by atoms with Gasteiger partial charge in [-0.1, -0.05) is 24.0 Å². The maximum Gasteiger partial charge on any atom is 0.410 e. The molecule has 0 aliphatic carbocycles. The number of benzene rings is 1. The van der Waals surface area contributed by atoms with Crippen LogP contribution in [0, 0.1) is 11.8 Å². The number of hydrogen-bond acceptors (Lipinski definition) is 3. The zero-order valence-electron chi connectivity index (χ0n) is 11.5. The van der Waals surface area contributed by atoms with Gasteiger partial charge in [-0.05, 0) is 31.5 Å². The lowest BCUT2D eigenvalue weighted by molar-refractivity contribution is 0.0822. The molecule has 4 heteroatoms. The van der Waals surface area contributed by atoms with E-state index in [9.17, 15) is 4.79 Å². The largest absolute Gasteiger partial charge is 0.447 e. The van der Waals surface area contributed by atoms with E-state index in [0.29, 0.717) is 6.54 Å². The zero-order valence-corrected chi connectivity index (χ0v) is 11.5. The molecule has 0 atom stereocenters. The highest BCUT2D eigenvalue weighted by molar-refractivity contribution is 5.67. The molecule has 4 nitrogen and oxygen atoms in total. The molecule has 19 heavy (non-hydrogen) atoms. The van der Waals surface area contributed by atoms with Gasteiger partial charge in [-0.3, -0.25) is 0 Å². The molecule has 0 aliphatic rings. The molecule has 0 spiro atoms. The van der Waals surface area contributed by atoms with Crippen LogP contribution < -0.4 is 0 Å². The number of carbonyl (C=O) groups is 1. The van der Waals surface area contributed by atoms with Crippen molar-refractivity contribution >= 4 is 6.09 Å². The molecule has 0 saturated heterocycles. The molecule has 1 amide bonds. The summed E-state index contributed by atoms with van der Waals surface area (Å²) in [6, 6.07) is 7.53. The van der Waals surface area contributed by atoms with Gasteiger partial charge >= 0.3 is 6.09 Å². The Kier molecular flexibility index (Phi) is 5.91. The number of carbonyl (C=O) groups excluding carboxylic acids is 1. The van der Waals surface area contributed by atoms with E-state index in [0.717, 1.165) is 11.1 Å². The van der Waals surface area contributed by atoms with Crippen LogP contribution in [-0.2, 0) is 11.3 Å². The Balaban J connectivity index is 2.60. The summed E-state index contributed by atoms with van der Waals surface area (Å²) in [6.07, 6.45) is -0.453. The SMILES string of the molecule is CC(C)OC(=O)N(C)Cc1ccc(C#CCO)cc1. The third kappa shape index (κ3) is 5.45. The summed E-state index contributed by atoms with van der Waals surface area (Å²) in [5.41, 5.74) is 1.84. The van der Waals surface area contributed by atoms with Gasteiger partial charge in [-0.15, -0.1) is 0 Å². The molecule has 1 aromatic carbocycles. The third-order valence-electron chi connectivity index (χ3n) is 2.33. The average Bonchev–Trinajstić information content (AvgIpc) is 2.37. The highest BCUT2D eigenvalue weighted by Crippen LogP contribution is 2.07. The first kappa shape index (κ1) is 15.1. The second kappa shape index (κ2) is 7.45. The van der Waals surface area contributed by atoms with Crippen LogP contribution in [0.25, 0.3) is 0 Å². The second-order valence-corrected chi connectivity index (χ2v) is 4.45. The molecule has 0 aliphatic heterocycles. The molecule has 1 rings (SSSR count). The first-order chi connectivity index (χ1) is 9.02. The highest BCUT2D eigenvalue weighted by Gasteiger charge is 2.11. The van der Waals surface area contributed by atoms with Crippen molar-refractivity contribution in [3.05, 3.63) is 35.4 Å². The van der Waals surface area contributed by atoms with Crippen molar-refractivity contribution in [1.29, 1.82) is 0 Å². The average molecular weight is 261 g/mol. The van der Waals surface area contributed by atoms with Crippen LogP contribution >= 0.6 is 0 Å². The lowest BCUT2D eigenvalue weighted by Crippen LogP contribution is -2.29. The van der Waals surface area contributed by atoms with Gasteiger partial charge in [-0.2, -0.15) is 0 Å². The molecule has 0 radical (unpaired) electrons. The van der Waals surface area contributed by atoms with E-state index >= 15 is 0 Å². The number of nitrogens with zero attached hydrogens (tertiary/aromatic N) is 1. The van der Waals surface area contributed by atoms with Crippen molar-refractivity contribution in [2.45, 2.75) is 26.5 Å². The summed E-state index contributed by atoms with van der Waals surface area (Å²) in [5, 5.41) is 8.60. The summed E-state index contributed by atoms with van der Waals surface area (Å²) in [5.74, 6) is 5.40. The number of rotatable bonds is 3. The van der Waals surface area contributed by atoms with Crippen LogP contribution in [0.3, 0.4) is 0 Å². The minimum absolute atomic E-state index is 0.119. The van der Waals surface area contributed by atoms with E-state index in [2.05, 4.69) is 11.8 Å². The van der Waals surface area contributed by atoms with Crippen molar-refractivity contribution < 1.29 is 14.6 Å². The molecule has 0 bridgehead atoms. The maximum atomic E-state index is 11.6. The molecule has 0 unspecified atom stereocenters. The lowest BCUT2D eigenvalue weighted by atomic mass is 10.1. The van der Waals surface area contributed by atoms with Crippen LogP contribution in [0.5, 0.6) is 0 Å². The summed E-state index contributed by atoms with van der Waals surface area (Å²) < 4.78 is 5.10. The highest BCUT2D eigenvalue weighted by atomic mass is 16.6. The predicted molar refractivity (Wildman–Crippen MR) is 73.5 cm³/mol. The first-order valence-electron chi connectivity index (χ1n) is 6.13. The number of hydrogen-bond donors (Lipinski definition) is 1. The smallest absolute Gasteiger partial charge is 0.410 e. The molecule has 1 aromatic rings. The molecule has 0 saturated carbocycles. The minimum Gasteiger partial charge on any atom is -0.447 e. The number of aliphatic hydroxyl groups excluding tert-OH is 1. The number of amides is 1. The summed E-state index contributed by atoms with van der Waals surface area (Å²) in [6.45, 7) is 3.98. The van der Waals surface area contributed by atoms with Gasteiger partial charge in [0.25, 0.3) is 0 Å². The lowest BCUT2D eigenvalue weighted by Gasteiger charge is -2.18. The molecule has 0 heterocycles. The second-order valence-electron chi connectivity index (χ2n) is 4.45. The fourth-order valence-corrected chi connectivity index (χ4v) is 1.47. The van der Waals surface area contributed by atoms with Gasteiger partial charge in [0, 0.05) is 19.2 Å². The molecule has 102 valence electrons. The summed E-state index contributed by atoms with van der Waals surface area (Å²) in [4.78, 5) is 13.1. The minimum atomic E-state index is -0.334. The van der Waals surface area contributed by atoms with Gasteiger partial charge in [0.15, 0.2) is 0 Å². The van der Waals surface area contributed by atoms with Gasteiger partial charge in [0.1, 0.15) is 6.61 Å². The number of aliphatic hydroxyl groups is 1. The van der Waals surface area contributed by atoms with Crippen LogP contribution in [0.4, 0.5) is 4.79 Å². The maximum absolute atomic E-state index is 11.6. The van der Waals surface area contributed by atoms with Gasteiger partial charge in [0.05, 0.1) is 6.10 Å². The van der Waals surface area contributed by atoms with Crippen molar-refractivity contribution in [3.63, 3.8) is 0 Å². The fourth-order valence-electron chi connectivity index (χ4n) is 1.47. The third-order valence-corrected chi connectivity index (χ3v) is 2.33. The monoisotopic (exact) mass is 261 g/mol. The van der Waals surface area contributed by atoms with E-state index in [4.69, 9.17) is 9.84 Å². The molecule has 1 N–H and O–H groups in total. The van der Waals surface area contributed by atoms with E-state index in [1.165, 1.54) is 4.90 Å². The quantitative estimate of drug-likeness (QED) is 0.847. The van der Waals surface area contributed by atoms with Crippen LogP contribution in [0.1, 0.15) is 25.0 Å². The van der Waals surface area contributed by atoms with Gasteiger partial charge in [0.2, 0.25) is 0 Å². The molecule has 0 fully saturated rings. The Morgan fingerprint density at radius 2 is 2.00 bits per heavy atom. The Labute approximate surface area is 114 Å². The predicted octanol–water partition coefficient (Wildman–Crippen LogP) is 2.01. The van der Waals surface area contributed by atoms with Crippen molar-refractivity contribution in [1.82, 2.24) is 4.90 Å². The first-order valence-corrected chi connectivity index (χ1v) is 6.13. The summed E-state index contributed by atoms with van der Waals surface area (Å²) >= 11 is 0. The fraction of sp³-hybridized carbons (Fsp3) is 0.400. The Bertz CT molecular complexity index is 468. The molecular formula is C15H19NO3. The zero-order chi connectivity index (χ0) is 14.3. The van der Waals surface area contributed by atoms with E-state index < -0.39 is 0 Å². The molecule has 0 aromatic heterocycles. The van der Waals surface area contributed by atoms with E-state index in [-0.39, 0.29) is 18.8 Å². The van der Waals surface area contributed by atoms with Crippen LogP contribution in [-0.4, -0.2) is 35.9 Å². The Morgan fingerprint density at radius 3 is 2.53 bits per heavy atom. The summed E-state index contributed by atoms with van der Waals surface area (Å²) in [7, 11) is 1.70. The van der Waals surface area contributed by atoms with Crippen LogP contribution in [0.15, 0.2) is 24.3 Å². The molecular weight excluding hydrogens is 242 g/mol. The van der Waals surface area contributed by atoms with E-state index in [1.807, 2.05) is 38.1 Å². The topological polar surface area (TPSA) is 49.8 Å². The standard InChI is InChI=1S/C15H19NO3/c1-12(2)19-15(18)16(3)11-14-8-6-13(7-9-14)5-4-10-17/h6-9,12,17H,10-11H2,1-3H3. The Hall–Kier alpha value is -1.99. The number of ether oxygens (including phenoxy) is 1. The van der Waals surface area contributed by atoms with E-state index in [1.54, 1.807) is 7.05 Å². The Morgan fingerprint density at radius 1 is 1.37 bits per heavy atom. The van der Waals surface area contributed by atoms with Gasteiger partial charge < -0.3 is 14.7 Å². The van der Waals surface area contributed by atoms with Crippen molar-refractivity contribution in [2.75, 3.05) is 13.7 Å².